The van der Waals surface area contributed by atoms with E-state index in [1.54, 1.807) is 0 Å². The van der Waals surface area contributed by atoms with Crippen LogP contribution in [0, 0.1) is 0 Å². The monoisotopic (exact) mass is 200 g/mol. The zero-order valence-electron chi connectivity index (χ0n) is 7.65. The van der Waals surface area contributed by atoms with E-state index < -0.39 is 0 Å². The van der Waals surface area contributed by atoms with Crippen LogP contribution in [0.2, 0.25) is 0 Å². The first-order valence-electron chi connectivity index (χ1n) is 4.40. The summed E-state index contributed by atoms with van der Waals surface area (Å²) in [6, 6.07) is 0. The second kappa shape index (κ2) is 5.70. The highest BCUT2D eigenvalue weighted by molar-refractivity contribution is 6.24. The van der Waals surface area contributed by atoms with Crippen LogP contribution in [0.15, 0.2) is 12.7 Å². The smallest absolute Gasteiger partial charge is 0.243 e. The first kappa shape index (κ1) is 10.2. The molecule has 0 amide bonds. The first-order valence-corrected chi connectivity index (χ1v) is 4.73. The fourth-order valence-electron chi connectivity index (χ4n) is 0.959. The van der Waals surface area contributed by atoms with Crippen molar-refractivity contribution in [3.63, 3.8) is 0 Å². The number of hydrogen-bond acceptors (Lipinski definition) is 4. The number of nitrogens with zero attached hydrogens (tertiary/aromatic N) is 4. The third-order valence-electron chi connectivity index (χ3n) is 1.65. The van der Waals surface area contributed by atoms with Crippen LogP contribution in [-0.4, -0.2) is 21.5 Å². The molecule has 1 rings (SSSR count). The van der Waals surface area contributed by atoms with E-state index in [1.165, 1.54) is 29.9 Å². The fourth-order valence-corrected chi connectivity index (χ4v) is 1.17. The number of aromatic nitrogens is 3. The highest BCUT2D eigenvalue weighted by Gasteiger charge is 2.03. The molecular formula is C8H13ClN4. The van der Waals surface area contributed by atoms with Crippen LogP contribution in [0.3, 0.4) is 0 Å². The van der Waals surface area contributed by atoms with Crippen molar-refractivity contribution in [2.75, 3.05) is 11.0 Å². The van der Waals surface area contributed by atoms with Crippen LogP contribution in [0.5, 0.6) is 0 Å². The van der Waals surface area contributed by atoms with E-state index in [9.17, 15) is 0 Å². The lowest BCUT2D eigenvalue weighted by Crippen LogP contribution is -2.14. The summed E-state index contributed by atoms with van der Waals surface area (Å²) in [4.78, 5) is 11.6. The largest absolute Gasteiger partial charge is 0.253 e. The number of anilines is 1. The van der Waals surface area contributed by atoms with Gasteiger partial charge in [-0.1, -0.05) is 19.8 Å². The molecule has 1 aromatic rings. The summed E-state index contributed by atoms with van der Waals surface area (Å²) >= 11 is 5.92. The predicted octanol–water partition coefficient (Wildman–Crippen LogP) is 2.02. The molecule has 0 bridgehead atoms. The molecule has 0 atom stereocenters. The molecule has 0 aliphatic heterocycles. The van der Waals surface area contributed by atoms with Gasteiger partial charge in [-0.15, -0.1) is 0 Å². The Bertz CT molecular complexity index is 229. The molecular weight excluding hydrogens is 188 g/mol. The summed E-state index contributed by atoms with van der Waals surface area (Å²) in [7, 11) is 0. The molecule has 1 aromatic heterocycles. The van der Waals surface area contributed by atoms with Gasteiger partial charge < -0.3 is 0 Å². The normalized spacial score (nSPS) is 10.0. The Balaban J connectivity index is 2.35. The van der Waals surface area contributed by atoms with Gasteiger partial charge in [0.2, 0.25) is 5.95 Å². The van der Waals surface area contributed by atoms with Crippen molar-refractivity contribution in [1.29, 1.82) is 0 Å². The molecule has 0 saturated carbocycles. The molecule has 0 fully saturated rings. The van der Waals surface area contributed by atoms with Crippen molar-refractivity contribution >= 4 is 17.7 Å². The van der Waals surface area contributed by atoms with E-state index >= 15 is 0 Å². The van der Waals surface area contributed by atoms with Crippen molar-refractivity contribution in [1.82, 2.24) is 15.0 Å². The van der Waals surface area contributed by atoms with Gasteiger partial charge in [0.25, 0.3) is 0 Å². The van der Waals surface area contributed by atoms with Gasteiger partial charge in [0.05, 0.1) is 0 Å². The van der Waals surface area contributed by atoms with Gasteiger partial charge in [0, 0.05) is 18.3 Å². The number of rotatable bonds is 5. The second-order valence-electron chi connectivity index (χ2n) is 2.73. The Kier molecular flexibility index (Phi) is 4.46. The van der Waals surface area contributed by atoms with E-state index in [0.717, 1.165) is 13.0 Å². The third kappa shape index (κ3) is 3.55. The van der Waals surface area contributed by atoms with Crippen LogP contribution < -0.4 is 4.42 Å². The molecule has 0 spiro atoms. The Hall–Kier alpha value is -0.900. The molecule has 72 valence electrons. The summed E-state index contributed by atoms with van der Waals surface area (Å²) in [5.41, 5.74) is 0. The minimum Gasteiger partial charge on any atom is -0.253 e. The molecule has 0 aromatic carbocycles. The highest BCUT2D eigenvalue weighted by atomic mass is 35.5. The first-order chi connectivity index (χ1) is 6.34. The molecule has 0 aliphatic carbocycles. The Labute approximate surface area is 83.1 Å². The minimum absolute atomic E-state index is 0.521. The average molecular weight is 201 g/mol. The third-order valence-corrected chi connectivity index (χ3v) is 1.97. The standard InChI is InChI=1S/C8H13ClN4/c1-2-3-4-5-13(9)8-11-6-10-7-12-8/h6-7H,2-5H2,1H3. The molecule has 4 nitrogen and oxygen atoms in total. The van der Waals surface area contributed by atoms with Gasteiger partial charge in [-0.3, -0.25) is 4.42 Å². The molecule has 0 saturated heterocycles. The summed E-state index contributed by atoms with van der Waals surface area (Å²) in [6.45, 7) is 2.93. The Morgan fingerprint density at radius 3 is 2.62 bits per heavy atom. The highest BCUT2D eigenvalue weighted by Crippen LogP contribution is 2.09. The van der Waals surface area contributed by atoms with Gasteiger partial charge in [-0.2, -0.15) is 0 Å². The average Bonchev–Trinajstić information content (AvgIpc) is 2.19. The van der Waals surface area contributed by atoms with Gasteiger partial charge in [0.15, 0.2) is 0 Å². The summed E-state index contributed by atoms with van der Waals surface area (Å²) in [5, 5.41) is 0. The maximum Gasteiger partial charge on any atom is 0.243 e. The second-order valence-corrected chi connectivity index (χ2v) is 3.14. The van der Waals surface area contributed by atoms with Crippen LogP contribution in [0.25, 0.3) is 0 Å². The van der Waals surface area contributed by atoms with Crippen molar-refractivity contribution in [3.05, 3.63) is 12.7 Å². The molecule has 0 radical (unpaired) electrons. The molecule has 0 N–H and O–H groups in total. The predicted molar refractivity (Wildman–Crippen MR) is 52.6 cm³/mol. The maximum atomic E-state index is 5.92. The maximum absolute atomic E-state index is 5.92. The Morgan fingerprint density at radius 1 is 1.31 bits per heavy atom. The van der Waals surface area contributed by atoms with E-state index in [2.05, 4.69) is 21.9 Å². The lowest BCUT2D eigenvalue weighted by Gasteiger charge is -2.11. The lowest BCUT2D eigenvalue weighted by atomic mass is 10.2. The summed E-state index contributed by atoms with van der Waals surface area (Å²) in [5.74, 6) is 0.521. The van der Waals surface area contributed by atoms with Gasteiger partial charge in [0.1, 0.15) is 12.7 Å². The zero-order chi connectivity index (χ0) is 9.52. The summed E-state index contributed by atoms with van der Waals surface area (Å²) in [6.07, 6.45) is 6.30. The van der Waals surface area contributed by atoms with E-state index in [-0.39, 0.29) is 0 Å². The number of hydrogen-bond donors (Lipinski definition) is 0. The van der Waals surface area contributed by atoms with Crippen molar-refractivity contribution in [3.8, 4) is 0 Å². The van der Waals surface area contributed by atoms with Crippen molar-refractivity contribution in [2.45, 2.75) is 26.2 Å². The molecule has 13 heavy (non-hydrogen) atoms. The van der Waals surface area contributed by atoms with Crippen LogP contribution in [0.1, 0.15) is 26.2 Å². The SMILES string of the molecule is CCCCCN(Cl)c1ncncn1. The molecule has 5 heteroatoms. The van der Waals surface area contributed by atoms with Gasteiger partial charge in [-0.25, -0.2) is 15.0 Å². The van der Waals surface area contributed by atoms with Crippen LogP contribution in [0.4, 0.5) is 5.95 Å². The molecule has 1 heterocycles. The topological polar surface area (TPSA) is 41.9 Å². The molecule has 0 unspecified atom stereocenters. The van der Waals surface area contributed by atoms with E-state index in [1.807, 2.05) is 0 Å². The van der Waals surface area contributed by atoms with Crippen LogP contribution in [-0.2, 0) is 0 Å². The van der Waals surface area contributed by atoms with Crippen molar-refractivity contribution in [2.24, 2.45) is 0 Å². The zero-order valence-corrected chi connectivity index (χ0v) is 8.41. The summed E-state index contributed by atoms with van der Waals surface area (Å²) < 4.78 is 1.53. The Morgan fingerprint density at radius 2 is 2.00 bits per heavy atom. The fraction of sp³-hybridized carbons (Fsp3) is 0.625. The number of unbranched alkanes of at least 4 members (excludes halogenated alkanes) is 2. The van der Waals surface area contributed by atoms with Crippen LogP contribution >= 0.6 is 11.8 Å². The lowest BCUT2D eigenvalue weighted by molar-refractivity contribution is 0.720. The quantitative estimate of drug-likeness (QED) is 0.539. The van der Waals surface area contributed by atoms with E-state index in [0.29, 0.717) is 5.95 Å². The van der Waals surface area contributed by atoms with Gasteiger partial charge in [-0.05, 0) is 6.42 Å². The van der Waals surface area contributed by atoms with Crippen molar-refractivity contribution < 1.29 is 0 Å². The van der Waals surface area contributed by atoms with E-state index in [4.69, 9.17) is 11.8 Å². The molecule has 0 aliphatic rings. The number of halogens is 1. The minimum atomic E-state index is 0.521. The van der Waals surface area contributed by atoms with Gasteiger partial charge >= 0.3 is 0 Å².